The molecule has 0 spiro atoms. The lowest BCUT2D eigenvalue weighted by atomic mass is 10.1. The molecule has 2 heterocycles. The van der Waals surface area contributed by atoms with Crippen LogP contribution in [0.2, 0.25) is 0 Å². The third-order valence-electron chi connectivity index (χ3n) is 2.86. The molecule has 84 valence electrons. The van der Waals surface area contributed by atoms with Gasteiger partial charge in [-0.1, -0.05) is 6.42 Å². The first kappa shape index (κ1) is 10.9. The van der Waals surface area contributed by atoms with Crippen LogP contribution in [-0.4, -0.2) is 24.1 Å². The molecule has 1 aliphatic rings. The minimum absolute atomic E-state index is 0.471. The highest BCUT2D eigenvalue weighted by molar-refractivity contribution is 5.53. The Hall–Kier alpha value is -1.60. The second-order valence-corrected chi connectivity index (χ2v) is 4.04. The van der Waals surface area contributed by atoms with Crippen LogP contribution in [-0.2, 0) is 0 Å². The van der Waals surface area contributed by atoms with Crippen molar-refractivity contribution >= 4 is 5.69 Å². The zero-order valence-electron chi connectivity index (χ0n) is 9.24. The topological polar surface area (TPSA) is 60.7 Å². The lowest BCUT2D eigenvalue weighted by Gasteiger charge is -2.24. The molecular formula is C12H16N4. The molecule has 1 atom stereocenters. The van der Waals surface area contributed by atoms with Crippen LogP contribution in [0.25, 0.3) is 0 Å². The van der Waals surface area contributed by atoms with Crippen LogP contribution in [0.5, 0.6) is 0 Å². The van der Waals surface area contributed by atoms with Gasteiger partial charge >= 0.3 is 0 Å². The molecule has 1 saturated heterocycles. The van der Waals surface area contributed by atoms with Gasteiger partial charge in [0.15, 0.2) is 5.69 Å². The standard InChI is InChI=1S/C12H16N4/c13-8-12-11(5-3-7-15-12)16-9-10-4-1-2-6-14-10/h3,5,7,10,14,16H,1-2,4,6,9H2. The Morgan fingerprint density at radius 3 is 3.25 bits per heavy atom. The number of aromatic nitrogens is 1. The molecule has 2 rings (SSSR count). The van der Waals surface area contributed by atoms with Crippen LogP contribution in [0.1, 0.15) is 25.0 Å². The van der Waals surface area contributed by atoms with E-state index in [9.17, 15) is 0 Å². The van der Waals surface area contributed by atoms with Gasteiger partial charge in [-0.2, -0.15) is 5.26 Å². The van der Waals surface area contributed by atoms with Crippen LogP contribution in [0, 0.1) is 11.3 Å². The second kappa shape index (κ2) is 5.47. The highest BCUT2D eigenvalue weighted by Gasteiger charge is 2.12. The molecule has 0 aromatic carbocycles. The van der Waals surface area contributed by atoms with E-state index in [1.165, 1.54) is 19.3 Å². The lowest BCUT2D eigenvalue weighted by molar-refractivity contribution is 0.414. The molecule has 0 aliphatic carbocycles. The van der Waals surface area contributed by atoms with Gasteiger partial charge in [-0.3, -0.25) is 0 Å². The third-order valence-corrected chi connectivity index (χ3v) is 2.86. The summed E-state index contributed by atoms with van der Waals surface area (Å²) < 4.78 is 0. The van der Waals surface area contributed by atoms with E-state index in [2.05, 4.69) is 21.7 Å². The fourth-order valence-electron chi connectivity index (χ4n) is 1.97. The Labute approximate surface area is 95.7 Å². The Balaban J connectivity index is 1.91. The number of piperidine rings is 1. The number of rotatable bonds is 3. The molecule has 4 heteroatoms. The summed E-state index contributed by atoms with van der Waals surface area (Å²) in [6.45, 7) is 1.96. The largest absolute Gasteiger partial charge is 0.381 e. The molecule has 4 nitrogen and oxygen atoms in total. The maximum atomic E-state index is 8.89. The first-order valence-corrected chi connectivity index (χ1v) is 5.72. The van der Waals surface area contributed by atoms with Crippen molar-refractivity contribution in [2.24, 2.45) is 0 Å². The summed E-state index contributed by atoms with van der Waals surface area (Å²) in [6, 6.07) is 6.35. The predicted molar refractivity (Wildman–Crippen MR) is 63.1 cm³/mol. The van der Waals surface area contributed by atoms with Gasteiger partial charge in [0.25, 0.3) is 0 Å². The quantitative estimate of drug-likeness (QED) is 0.804. The monoisotopic (exact) mass is 216 g/mol. The van der Waals surface area contributed by atoms with E-state index in [1.807, 2.05) is 12.1 Å². The van der Waals surface area contributed by atoms with Gasteiger partial charge in [0, 0.05) is 18.8 Å². The number of nitriles is 1. The van der Waals surface area contributed by atoms with Gasteiger partial charge in [-0.05, 0) is 31.5 Å². The molecule has 0 bridgehead atoms. The zero-order chi connectivity index (χ0) is 11.2. The summed E-state index contributed by atoms with van der Waals surface area (Å²) in [5.41, 5.74) is 1.30. The van der Waals surface area contributed by atoms with Crippen LogP contribution < -0.4 is 10.6 Å². The summed E-state index contributed by atoms with van der Waals surface area (Å²) in [5, 5.41) is 15.6. The summed E-state index contributed by atoms with van der Waals surface area (Å²) in [7, 11) is 0. The molecule has 0 radical (unpaired) electrons. The molecule has 1 aliphatic heterocycles. The van der Waals surface area contributed by atoms with Crippen LogP contribution >= 0.6 is 0 Å². The van der Waals surface area contributed by atoms with Gasteiger partial charge in [0.2, 0.25) is 0 Å². The highest BCUT2D eigenvalue weighted by Crippen LogP contribution is 2.12. The van der Waals surface area contributed by atoms with E-state index in [-0.39, 0.29) is 0 Å². The van der Waals surface area contributed by atoms with E-state index in [0.717, 1.165) is 18.8 Å². The molecule has 0 saturated carbocycles. The van der Waals surface area contributed by atoms with Crippen molar-refractivity contribution < 1.29 is 0 Å². The number of hydrogen-bond donors (Lipinski definition) is 2. The first-order chi connectivity index (χ1) is 7.90. The number of hydrogen-bond acceptors (Lipinski definition) is 4. The number of pyridine rings is 1. The van der Waals surface area contributed by atoms with Gasteiger partial charge in [-0.25, -0.2) is 4.98 Å². The molecule has 16 heavy (non-hydrogen) atoms. The summed E-state index contributed by atoms with van der Waals surface area (Å²) in [6.07, 6.45) is 5.40. The number of nitrogens with zero attached hydrogens (tertiary/aromatic N) is 2. The van der Waals surface area contributed by atoms with Crippen LogP contribution in [0.4, 0.5) is 5.69 Å². The molecule has 2 N–H and O–H groups in total. The molecular weight excluding hydrogens is 200 g/mol. The average molecular weight is 216 g/mol. The Morgan fingerprint density at radius 1 is 1.56 bits per heavy atom. The lowest BCUT2D eigenvalue weighted by Crippen LogP contribution is -2.39. The Bertz CT molecular complexity index is 377. The van der Waals surface area contributed by atoms with Gasteiger partial charge in [-0.15, -0.1) is 0 Å². The van der Waals surface area contributed by atoms with E-state index >= 15 is 0 Å². The maximum Gasteiger partial charge on any atom is 0.163 e. The minimum atomic E-state index is 0.471. The SMILES string of the molecule is N#Cc1ncccc1NCC1CCCCN1. The second-order valence-electron chi connectivity index (χ2n) is 4.04. The number of nitrogens with one attached hydrogen (secondary N) is 2. The van der Waals surface area contributed by atoms with Crippen molar-refractivity contribution in [2.45, 2.75) is 25.3 Å². The molecule has 1 aromatic rings. The summed E-state index contributed by atoms with van der Waals surface area (Å²) in [5.74, 6) is 0. The van der Waals surface area contributed by atoms with E-state index in [4.69, 9.17) is 5.26 Å². The fraction of sp³-hybridized carbons (Fsp3) is 0.500. The van der Waals surface area contributed by atoms with Crippen LogP contribution in [0.3, 0.4) is 0 Å². The first-order valence-electron chi connectivity index (χ1n) is 5.72. The fourth-order valence-corrected chi connectivity index (χ4v) is 1.97. The summed E-state index contributed by atoms with van der Waals surface area (Å²) >= 11 is 0. The van der Waals surface area contributed by atoms with Crippen molar-refractivity contribution in [3.05, 3.63) is 24.0 Å². The predicted octanol–water partition coefficient (Wildman–Crippen LogP) is 1.51. The van der Waals surface area contributed by atoms with E-state index < -0.39 is 0 Å². The molecule has 1 fully saturated rings. The zero-order valence-corrected chi connectivity index (χ0v) is 9.24. The molecule has 1 aromatic heterocycles. The molecule has 1 unspecified atom stereocenters. The number of anilines is 1. The third kappa shape index (κ3) is 2.71. The van der Waals surface area contributed by atoms with Gasteiger partial charge < -0.3 is 10.6 Å². The van der Waals surface area contributed by atoms with Crippen molar-refractivity contribution in [3.8, 4) is 6.07 Å². The van der Waals surface area contributed by atoms with Crippen LogP contribution in [0.15, 0.2) is 18.3 Å². The van der Waals surface area contributed by atoms with Gasteiger partial charge in [0.1, 0.15) is 6.07 Å². The molecule has 0 amide bonds. The minimum Gasteiger partial charge on any atom is -0.381 e. The van der Waals surface area contributed by atoms with Crippen molar-refractivity contribution in [2.75, 3.05) is 18.4 Å². The van der Waals surface area contributed by atoms with E-state index in [1.54, 1.807) is 6.20 Å². The smallest absolute Gasteiger partial charge is 0.163 e. The average Bonchev–Trinajstić information content (AvgIpc) is 2.38. The van der Waals surface area contributed by atoms with E-state index in [0.29, 0.717) is 11.7 Å². The normalized spacial score (nSPS) is 20.1. The highest BCUT2D eigenvalue weighted by atomic mass is 15.0. The van der Waals surface area contributed by atoms with Crippen molar-refractivity contribution in [3.63, 3.8) is 0 Å². The van der Waals surface area contributed by atoms with Crippen molar-refractivity contribution in [1.82, 2.24) is 10.3 Å². The summed E-state index contributed by atoms with van der Waals surface area (Å²) in [4.78, 5) is 4.02. The Kier molecular flexibility index (Phi) is 3.73. The van der Waals surface area contributed by atoms with Crippen molar-refractivity contribution in [1.29, 1.82) is 5.26 Å². The Morgan fingerprint density at radius 2 is 2.50 bits per heavy atom. The van der Waals surface area contributed by atoms with Gasteiger partial charge in [0.05, 0.1) is 5.69 Å². The maximum absolute atomic E-state index is 8.89.